The van der Waals surface area contributed by atoms with Gasteiger partial charge >= 0.3 is 0 Å². The number of nitrogens with one attached hydrogen (secondary N) is 1. The van der Waals surface area contributed by atoms with Gasteiger partial charge < -0.3 is 4.90 Å². The second-order valence-corrected chi connectivity index (χ2v) is 6.06. The Morgan fingerprint density at radius 1 is 0.857 bits per heavy atom. The zero-order valence-corrected chi connectivity index (χ0v) is 12.9. The Hall–Kier alpha value is -2.13. The third-order valence-corrected chi connectivity index (χ3v) is 4.70. The summed E-state index contributed by atoms with van der Waals surface area (Å²) < 4.78 is 1.09. The van der Waals surface area contributed by atoms with Crippen molar-refractivity contribution in [3.63, 3.8) is 0 Å². The SMILES string of the molecule is N=C1c2ccccc2CN1c1ccc(Br)c2ccccc12. The lowest BCUT2D eigenvalue weighted by molar-refractivity contribution is 1.05. The van der Waals surface area contributed by atoms with Crippen molar-refractivity contribution >= 4 is 38.2 Å². The molecule has 3 heteroatoms. The van der Waals surface area contributed by atoms with Crippen molar-refractivity contribution in [1.82, 2.24) is 0 Å². The Balaban J connectivity index is 1.90. The van der Waals surface area contributed by atoms with E-state index in [-0.39, 0.29) is 0 Å². The minimum absolute atomic E-state index is 0.582. The van der Waals surface area contributed by atoms with Gasteiger partial charge in [0.05, 0.1) is 12.2 Å². The minimum atomic E-state index is 0.582. The molecule has 0 spiro atoms. The van der Waals surface area contributed by atoms with Crippen LogP contribution >= 0.6 is 15.9 Å². The van der Waals surface area contributed by atoms with E-state index in [1.54, 1.807) is 0 Å². The average Bonchev–Trinajstić information content (AvgIpc) is 2.86. The van der Waals surface area contributed by atoms with E-state index in [9.17, 15) is 0 Å². The first-order valence-electron chi connectivity index (χ1n) is 6.87. The monoisotopic (exact) mass is 336 g/mol. The predicted molar refractivity (Wildman–Crippen MR) is 91.1 cm³/mol. The molecule has 1 heterocycles. The van der Waals surface area contributed by atoms with Crippen LogP contribution in [0.25, 0.3) is 10.8 Å². The second kappa shape index (κ2) is 4.71. The summed E-state index contributed by atoms with van der Waals surface area (Å²) in [6.07, 6.45) is 0. The summed E-state index contributed by atoms with van der Waals surface area (Å²) in [5.41, 5.74) is 3.34. The molecule has 3 aromatic rings. The van der Waals surface area contributed by atoms with Crippen LogP contribution in [-0.4, -0.2) is 5.84 Å². The lowest BCUT2D eigenvalue weighted by Gasteiger charge is -2.20. The first kappa shape index (κ1) is 12.6. The summed E-state index contributed by atoms with van der Waals surface area (Å²) in [7, 11) is 0. The standard InChI is InChI=1S/C18H13BrN2/c19-16-9-10-17(15-8-4-3-7-14(15)16)21-11-12-5-1-2-6-13(12)18(21)20/h1-10,20H,11H2. The minimum Gasteiger partial charge on any atom is -0.321 e. The van der Waals surface area contributed by atoms with Crippen LogP contribution in [0.2, 0.25) is 0 Å². The third kappa shape index (κ3) is 1.88. The molecule has 1 aliphatic heterocycles. The molecule has 2 nitrogen and oxygen atoms in total. The van der Waals surface area contributed by atoms with Crippen molar-refractivity contribution in [3.8, 4) is 0 Å². The number of fused-ring (bicyclic) bond motifs is 2. The van der Waals surface area contributed by atoms with Gasteiger partial charge in [-0.1, -0.05) is 64.5 Å². The third-order valence-electron chi connectivity index (χ3n) is 4.01. The summed E-state index contributed by atoms with van der Waals surface area (Å²) in [4.78, 5) is 2.08. The Morgan fingerprint density at radius 2 is 1.57 bits per heavy atom. The highest BCUT2D eigenvalue weighted by Crippen LogP contribution is 2.36. The van der Waals surface area contributed by atoms with Crippen molar-refractivity contribution in [3.05, 3.63) is 76.3 Å². The lowest BCUT2D eigenvalue weighted by Crippen LogP contribution is -2.23. The molecule has 0 aliphatic carbocycles. The molecule has 4 rings (SSSR count). The molecule has 0 bridgehead atoms. The normalized spacial score (nSPS) is 13.8. The summed E-state index contributed by atoms with van der Waals surface area (Å²) in [5.74, 6) is 0.582. The molecule has 0 unspecified atom stereocenters. The molecule has 3 aromatic carbocycles. The van der Waals surface area contributed by atoms with E-state index in [1.807, 2.05) is 30.3 Å². The van der Waals surface area contributed by atoms with E-state index >= 15 is 0 Å². The van der Waals surface area contributed by atoms with Gasteiger partial charge in [-0.2, -0.15) is 0 Å². The molecular formula is C18H13BrN2. The van der Waals surface area contributed by atoms with E-state index in [1.165, 1.54) is 16.3 Å². The van der Waals surface area contributed by atoms with Gasteiger partial charge in [0.1, 0.15) is 5.84 Å². The van der Waals surface area contributed by atoms with Crippen LogP contribution in [-0.2, 0) is 6.54 Å². The summed E-state index contributed by atoms with van der Waals surface area (Å²) in [6.45, 7) is 0.765. The number of anilines is 1. The molecular weight excluding hydrogens is 324 g/mol. The van der Waals surface area contributed by atoms with Crippen LogP contribution in [0.5, 0.6) is 0 Å². The van der Waals surface area contributed by atoms with E-state index in [0.29, 0.717) is 5.84 Å². The first-order chi connectivity index (χ1) is 10.3. The van der Waals surface area contributed by atoms with Gasteiger partial charge in [0, 0.05) is 15.4 Å². The van der Waals surface area contributed by atoms with Gasteiger partial charge in [-0.15, -0.1) is 0 Å². The van der Waals surface area contributed by atoms with Crippen LogP contribution in [0.3, 0.4) is 0 Å². The Labute approximate surface area is 131 Å². The molecule has 0 atom stereocenters. The van der Waals surface area contributed by atoms with E-state index < -0.39 is 0 Å². The van der Waals surface area contributed by atoms with Gasteiger partial charge in [-0.25, -0.2) is 0 Å². The number of halogens is 1. The van der Waals surface area contributed by atoms with Gasteiger partial charge in [-0.05, 0) is 23.1 Å². The fourth-order valence-electron chi connectivity index (χ4n) is 2.97. The fourth-order valence-corrected chi connectivity index (χ4v) is 3.45. The van der Waals surface area contributed by atoms with Crippen molar-refractivity contribution in [2.24, 2.45) is 0 Å². The predicted octanol–water partition coefficient (Wildman–Crippen LogP) is 4.95. The summed E-state index contributed by atoms with van der Waals surface area (Å²) in [5, 5.41) is 10.8. The molecule has 0 fully saturated rings. The summed E-state index contributed by atoms with van der Waals surface area (Å²) in [6, 6.07) is 20.6. The molecule has 1 N–H and O–H groups in total. The number of amidine groups is 1. The van der Waals surface area contributed by atoms with Gasteiger partial charge in [0.25, 0.3) is 0 Å². The molecule has 0 amide bonds. The fraction of sp³-hybridized carbons (Fsp3) is 0.0556. The molecule has 0 radical (unpaired) electrons. The van der Waals surface area contributed by atoms with Gasteiger partial charge in [0.2, 0.25) is 0 Å². The summed E-state index contributed by atoms with van der Waals surface area (Å²) >= 11 is 3.61. The number of nitrogens with zero attached hydrogens (tertiary/aromatic N) is 1. The van der Waals surface area contributed by atoms with Crippen LogP contribution in [0.15, 0.2) is 65.1 Å². The zero-order chi connectivity index (χ0) is 14.4. The highest BCUT2D eigenvalue weighted by Gasteiger charge is 2.26. The number of benzene rings is 3. The van der Waals surface area contributed by atoms with E-state index in [0.717, 1.165) is 22.3 Å². The highest BCUT2D eigenvalue weighted by molar-refractivity contribution is 9.10. The number of hydrogen-bond donors (Lipinski definition) is 1. The van der Waals surface area contributed by atoms with Gasteiger partial charge in [0.15, 0.2) is 0 Å². The Morgan fingerprint density at radius 3 is 2.38 bits per heavy atom. The maximum Gasteiger partial charge on any atom is 0.133 e. The average molecular weight is 337 g/mol. The maximum absolute atomic E-state index is 8.47. The Bertz CT molecular complexity index is 870. The Kier molecular flexibility index (Phi) is 2.82. The molecule has 0 saturated heterocycles. The van der Waals surface area contributed by atoms with Crippen molar-refractivity contribution in [2.45, 2.75) is 6.54 Å². The van der Waals surface area contributed by atoms with Crippen LogP contribution in [0.4, 0.5) is 5.69 Å². The second-order valence-electron chi connectivity index (χ2n) is 5.20. The van der Waals surface area contributed by atoms with E-state index in [2.05, 4.69) is 51.2 Å². The highest BCUT2D eigenvalue weighted by atomic mass is 79.9. The molecule has 0 saturated carbocycles. The molecule has 0 aromatic heterocycles. The lowest BCUT2D eigenvalue weighted by atomic mass is 10.1. The molecule has 102 valence electrons. The topological polar surface area (TPSA) is 27.1 Å². The van der Waals surface area contributed by atoms with Crippen LogP contribution in [0, 0.1) is 5.41 Å². The van der Waals surface area contributed by atoms with E-state index in [4.69, 9.17) is 5.41 Å². The van der Waals surface area contributed by atoms with Crippen LogP contribution < -0.4 is 4.90 Å². The molecule has 1 aliphatic rings. The van der Waals surface area contributed by atoms with Crippen molar-refractivity contribution in [2.75, 3.05) is 4.90 Å². The molecule has 21 heavy (non-hydrogen) atoms. The number of rotatable bonds is 1. The smallest absolute Gasteiger partial charge is 0.133 e. The van der Waals surface area contributed by atoms with Gasteiger partial charge in [-0.3, -0.25) is 5.41 Å². The van der Waals surface area contributed by atoms with Crippen LogP contribution in [0.1, 0.15) is 11.1 Å². The maximum atomic E-state index is 8.47. The quantitative estimate of drug-likeness (QED) is 0.668. The number of hydrogen-bond acceptors (Lipinski definition) is 1. The first-order valence-corrected chi connectivity index (χ1v) is 7.66. The largest absolute Gasteiger partial charge is 0.321 e. The zero-order valence-electron chi connectivity index (χ0n) is 11.3. The van der Waals surface area contributed by atoms with Crippen molar-refractivity contribution < 1.29 is 0 Å². The van der Waals surface area contributed by atoms with Crippen molar-refractivity contribution in [1.29, 1.82) is 5.41 Å².